The lowest BCUT2D eigenvalue weighted by molar-refractivity contribution is -0.116. The normalized spacial score (nSPS) is 10.5. The molecule has 0 saturated carbocycles. The highest BCUT2D eigenvalue weighted by molar-refractivity contribution is 9.10. The van der Waals surface area contributed by atoms with Crippen LogP contribution in [0, 0.1) is 0 Å². The van der Waals surface area contributed by atoms with Gasteiger partial charge in [-0.25, -0.2) is 0 Å². The number of halogens is 2. The van der Waals surface area contributed by atoms with Crippen LogP contribution in [0.2, 0.25) is 5.02 Å². The number of carbonyl (C=O) groups is 2. The predicted molar refractivity (Wildman–Crippen MR) is 107 cm³/mol. The van der Waals surface area contributed by atoms with Crippen molar-refractivity contribution in [3.8, 4) is 5.75 Å². The molecule has 0 bridgehead atoms. The number of rotatable bonds is 6. The lowest BCUT2D eigenvalue weighted by atomic mass is 10.1. The molecule has 26 heavy (non-hydrogen) atoms. The fourth-order valence-corrected chi connectivity index (χ4v) is 2.81. The zero-order chi connectivity index (χ0) is 19.3. The number of likely N-dealkylation sites (N-methyl/N-ethyl adjacent to an activating group) is 1. The molecule has 0 aromatic heterocycles. The summed E-state index contributed by atoms with van der Waals surface area (Å²) < 4.78 is 6.53. The minimum atomic E-state index is -0.313. The van der Waals surface area contributed by atoms with E-state index >= 15 is 0 Å². The molecule has 1 N–H and O–H groups in total. The predicted octanol–water partition coefficient (Wildman–Crippen LogP) is 4.60. The maximum Gasteiger partial charge on any atom is 0.257 e. The minimum Gasteiger partial charge on any atom is -0.490 e. The molecule has 138 valence electrons. The average Bonchev–Trinajstić information content (AvgIpc) is 2.53. The second kappa shape index (κ2) is 9.05. The highest BCUT2D eigenvalue weighted by Crippen LogP contribution is 2.26. The van der Waals surface area contributed by atoms with Crippen LogP contribution >= 0.6 is 27.5 Å². The van der Waals surface area contributed by atoms with Gasteiger partial charge in [0.05, 0.1) is 18.2 Å². The van der Waals surface area contributed by atoms with Crippen molar-refractivity contribution in [2.75, 3.05) is 18.9 Å². The van der Waals surface area contributed by atoms with Gasteiger partial charge >= 0.3 is 0 Å². The number of nitrogens with zero attached hydrogens (tertiary/aromatic N) is 1. The van der Waals surface area contributed by atoms with E-state index in [4.69, 9.17) is 16.3 Å². The van der Waals surface area contributed by atoms with Crippen molar-refractivity contribution in [2.45, 2.75) is 20.0 Å². The molecular weight excluding hydrogens is 420 g/mol. The Kier molecular flexibility index (Phi) is 7.06. The van der Waals surface area contributed by atoms with E-state index in [1.165, 1.54) is 4.90 Å². The van der Waals surface area contributed by atoms with Crippen molar-refractivity contribution in [3.05, 3.63) is 57.5 Å². The van der Waals surface area contributed by atoms with Gasteiger partial charge in [0, 0.05) is 22.2 Å². The third-order valence-electron chi connectivity index (χ3n) is 3.37. The van der Waals surface area contributed by atoms with Gasteiger partial charge < -0.3 is 15.0 Å². The van der Waals surface area contributed by atoms with Crippen LogP contribution in [0.4, 0.5) is 5.69 Å². The first-order chi connectivity index (χ1) is 12.3. The molecule has 0 aliphatic heterocycles. The summed E-state index contributed by atoms with van der Waals surface area (Å²) in [7, 11) is 1.57. The summed E-state index contributed by atoms with van der Waals surface area (Å²) in [6.07, 6.45) is -0.0766. The molecule has 0 fully saturated rings. The largest absolute Gasteiger partial charge is 0.490 e. The molecule has 2 aromatic rings. The van der Waals surface area contributed by atoms with Crippen LogP contribution in [-0.4, -0.2) is 36.4 Å². The smallest absolute Gasteiger partial charge is 0.257 e. The Balaban J connectivity index is 2.08. The Morgan fingerprint density at radius 2 is 1.96 bits per heavy atom. The summed E-state index contributed by atoms with van der Waals surface area (Å²) in [6, 6.07) is 12.0. The van der Waals surface area contributed by atoms with Gasteiger partial charge in [-0.15, -0.1) is 0 Å². The highest BCUT2D eigenvalue weighted by atomic mass is 79.9. The number of benzene rings is 2. The third-order valence-corrected chi connectivity index (χ3v) is 4.10. The number of nitrogens with one attached hydrogen (secondary N) is 1. The Labute approximate surface area is 166 Å². The van der Waals surface area contributed by atoms with Crippen molar-refractivity contribution in [2.24, 2.45) is 0 Å². The second-order valence-corrected chi connectivity index (χ2v) is 7.38. The van der Waals surface area contributed by atoms with Gasteiger partial charge in [-0.3, -0.25) is 9.59 Å². The number of hydrogen-bond acceptors (Lipinski definition) is 3. The average molecular weight is 440 g/mol. The summed E-state index contributed by atoms with van der Waals surface area (Å²) in [6.45, 7) is 3.68. The van der Waals surface area contributed by atoms with Crippen LogP contribution in [0.25, 0.3) is 0 Å². The van der Waals surface area contributed by atoms with Crippen LogP contribution in [-0.2, 0) is 4.79 Å². The fraction of sp³-hybridized carbons (Fsp3) is 0.263. The number of ether oxygens (including phenoxy) is 1. The van der Waals surface area contributed by atoms with E-state index in [0.29, 0.717) is 22.0 Å². The summed E-state index contributed by atoms with van der Waals surface area (Å²) in [5.74, 6) is -0.137. The zero-order valence-corrected chi connectivity index (χ0v) is 17.1. The molecule has 0 unspecified atom stereocenters. The van der Waals surface area contributed by atoms with Crippen molar-refractivity contribution in [1.82, 2.24) is 4.90 Å². The third kappa shape index (κ3) is 5.75. The van der Waals surface area contributed by atoms with Crippen LogP contribution in [0.3, 0.4) is 0 Å². The second-order valence-electron chi connectivity index (χ2n) is 6.03. The van der Waals surface area contributed by atoms with Gasteiger partial charge in [-0.1, -0.05) is 33.6 Å². The number of anilines is 1. The van der Waals surface area contributed by atoms with Gasteiger partial charge in [-0.05, 0) is 50.2 Å². The van der Waals surface area contributed by atoms with Crippen molar-refractivity contribution < 1.29 is 14.3 Å². The quantitative estimate of drug-likeness (QED) is 0.715. The Morgan fingerprint density at radius 1 is 1.23 bits per heavy atom. The molecule has 0 saturated heterocycles. The summed E-state index contributed by atoms with van der Waals surface area (Å²) in [5.41, 5.74) is 0.982. The molecule has 7 heteroatoms. The first-order valence-electron chi connectivity index (χ1n) is 8.03. The Bertz CT molecular complexity index is 811. The molecule has 2 amide bonds. The molecule has 0 spiro atoms. The lowest BCUT2D eigenvalue weighted by Crippen LogP contribution is -2.35. The Hall–Kier alpha value is -2.05. The SMILES string of the molecule is CC(C)Oc1cc(Br)ccc1C(=O)N(C)CC(=O)Nc1cccc(Cl)c1. The maximum absolute atomic E-state index is 12.7. The van der Waals surface area contributed by atoms with Crippen LogP contribution in [0.15, 0.2) is 46.9 Å². The number of hydrogen-bond donors (Lipinski definition) is 1. The summed E-state index contributed by atoms with van der Waals surface area (Å²) in [4.78, 5) is 26.3. The number of amides is 2. The molecule has 0 radical (unpaired) electrons. The van der Waals surface area contributed by atoms with Gasteiger partial charge in [0.25, 0.3) is 5.91 Å². The topological polar surface area (TPSA) is 58.6 Å². The van der Waals surface area contributed by atoms with Crippen LogP contribution < -0.4 is 10.1 Å². The van der Waals surface area contributed by atoms with Gasteiger partial charge in [0.15, 0.2) is 0 Å². The van der Waals surface area contributed by atoms with Crippen molar-refractivity contribution >= 4 is 45.0 Å². The highest BCUT2D eigenvalue weighted by Gasteiger charge is 2.20. The molecule has 0 aliphatic carbocycles. The molecule has 0 heterocycles. The Morgan fingerprint density at radius 3 is 2.62 bits per heavy atom. The number of carbonyl (C=O) groups excluding carboxylic acids is 2. The van der Waals surface area contributed by atoms with Crippen molar-refractivity contribution in [3.63, 3.8) is 0 Å². The van der Waals surface area contributed by atoms with E-state index in [1.54, 1.807) is 49.5 Å². The van der Waals surface area contributed by atoms with Gasteiger partial charge in [0.2, 0.25) is 5.91 Å². The molecule has 2 aromatic carbocycles. The van der Waals surface area contributed by atoms with E-state index in [2.05, 4.69) is 21.2 Å². The molecule has 0 aliphatic rings. The van der Waals surface area contributed by atoms with Gasteiger partial charge in [0.1, 0.15) is 5.75 Å². The standard InChI is InChI=1S/C19H20BrClN2O3/c1-12(2)26-17-9-13(20)7-8-16(17)19(25)23(3)11-18(24)22-15-6-4-5-14(21)10-15/h4-10,12H,11H2,1-3H3,(H,22,24). The molecule has 5 nitrogen and oxygen atoms in total. The molecule has 0 atom stereocenters. The van der Waals surface area contributed by atoms with Gasteiger partial charge in [-0.2, -0.15) is 0 Å². The van der Waals surface area contributed by atoms with E-state index in [9.17, 15) is 9.59 Å². The maximum atomic E-state index is 12.7. The van der Waals surface area contributed by atoms with E-state index < -0.39 is 0 Å². The minimum absolute atomic E-state index is 0.0766. The van der Waals surface area contributed by atoms with E-state index in [1.807, 2.05) is 13.8 Å². The molecule has 2 rings (SSSR count). The van der Waals surface area contributed by atoms with E-state index in [-0.39, 0.29) is 24.5 Å². The monoisotopic (exact) mass is 438 g/mol. The first-order valence-corrected chi connectivity index (χ1v) is 9.20. The summed E-state index contributed by atoms with van der Waals surface area (Å²) in [5, 5.41) is 3.25. The lowest BCUT2D eigenvalue weighted by Gasteiger charge is -2.20. The van der Waals surface area contributed by atoms with Crippen LogP contribution in [0.1, 0.15) is 24.2 Å². The molecular formula is C19H20BrClN2O3. The van der Waals surface area contributed by atoms with Crippen LogP contribution in [0.5, 0.6) is 5.75 Å². The van der Waals surface area contributed by atoms with Crippen molar-refractivity contribution in [1.29, 1.82) is 0 Å². The fourth-order valence-electron chi connectivity index (χ4n) is 2.28. The summed E-state index contributed by atoms with van der Waals surface area (Å²) >= 11 is 9.28. The first kappa shape index (κ1) is 20.3. The zero-order valence-electron chi connectivity index (χ0n) is 14.8. The van der Waals surface area contributed by atoms with E-state index in [0.717, 1.165) is 4.47 Å².